The fraction of sp³-hybridized carbons (Fsp3) is 0.533. The molecule has 1 amide bonds. The summed E-state index contributed by atoms with van der Waals surface area (Å²) in [6.45, 7) is 1.19. The maximum Gasteiger partial charge on any atom is 0.226 e. The highest BCUT2D eigenvalue weighted by Gasteiger charge is 2.34. The van der Waals surface area contributed by atoms with Crippen molar-refractivity contribution in [2.24, 2.45) is 5.92 Å². The summed E-state index contributed by atoms with van der Waals surface area (Å²) in [4.78, 5) is 14.0. The number of hydrogen-bond donors (Lipinski definition) is 0. The molecule has 0 aliphatic carbocycles. The van der Waals surface area contributed by atoms with Gasteiger partial charge in [0.25, 0.3) is 0 Å². The normalized spacial score (nSPS) is 19.3. The van der Waals surface area contributed by atoms with E-state index in [-0.39, 0.29) is 24.2 Å². The van der Waals surface area contributed by atoms with Crippen LogP contribution >= 0.6 is 0 Å². The maximum atomic E-state index is 12.8. The molecule has 1 atom stereocenters. The molecule has 0 radical (unpaired) electrons. The number of carbonyl (C=O) groups is 1. The van der Waals surface area contributed by atoms with Crippen LogP contribution in [0.1, 0.15) is 12.0 Å². The molecule has 1 saturated heterocycles. The van der Waals surface area contributed by atoms with Gasteiger partial charge in [0.2, 0.25) is 15.9 Å². The van der Waals surface area contributed by atoms with Gasteiger partial charge in [-0.2, -0.15) is 0 Å². The van der Waals surface area contributed by atoms with Gasteiger partial charge in [0.15, 0.2) is 0 Å². The first-order valence-electron chi connectivity index (χ1n) is 7.22. The van der Waals surface area contributed by atoms with Crippen LogP contribution in [0, 0.1) is 11.7 Å². The minimum atomic E-state index is -3.23. The monoisotopic (exact) mass is 328 g/mol. The molecule has 1 aliphatic heterocycles. The molecular weight excluding hydrogens is 307 g/mol. The lowest BCUT2D eigenvalue weighted by Crippen LogP contribution is -2.36. The smallest absolute Gasteiger partial charge is 0.226 e. The maximum absolute atomic E-state index is 12.8. The summed E-state index contributed by atoms with van der Waals surface area (Å²) >= 11 is 0. The van der Waals surface area contributed by atoms with Gasteiger partial charge in [-0.1, -0.05) is 12.1 Å². The number of halogens is 1. The third kappa shape index (κ3) is 4.27. The van der Waals surface area contributed by atoms with Crippen molar-refractivity contribution in [1.29, 1.82) is 0 Å². The zero-order chi connectivity index (χ0) is 16.3. The van der Waals surface area contributed by atoms with E-state index in [1.165, 1.54) is 16.4 Å². The lowest BCUT2D eigenvalue weighted by Gasteiger charge is -2.21. The second-order valence-corrected chi connectivity index (χ2v) is 7.73. The van der Waals surface area contributed by atoms with Gasteiger partial charge in [0.05, 0.1) is 12.2 Å². The average Bonchev–Trinajstić information content (AvgIpc) is 2.95. The van der Waals surface area contributed by atoms with Crippen molar-refractivity contribution in [3.63, 3.8) is 0 Å². The summed E-state index contributed by atoms with van der Waals surface area (Å²) in [7, 11) is -1.51. The standard InChI is InChI=1S/C15H21FN2O3S/c1-17(9-7-12-3-5-14(16)6-4-12)15(19)13-8-10-18(11-13)22(2,20)21/h3-6,13H,7-11H2,1-2H3. The molecule has 22 heavy (non-hydrogen) atoms. The van der Waals surface area contributed by atoms with Crippen molar-refractivity contribution < 1.29 is 17.6 Å². The van der Waals surface area contributed by atoms with Gasteiger partial charge in [-0.25, -0.2) is 17.1 Å². The first-order valence-corrected chi connectivity index (χ1v) is 9.07. The molecule has 1 aliphatic rings. The SMILES string of the molecule is CN(CCc1ccc(F)cc1)C(=O)C1CCN(S(C)(=O)=O)C1. The predicted molar refractivity (Wildman–Crippen MR) is 82.3 cm³/mol. The topological polar surface area (TPSA) is 57.7 Å². The zero-order valence-corrected chi connectivity index (χ0v) is 13.6. The van der Waals surface area contributed by atoms with E-state index in [1.807, 2.05) is 0 Å². The van der Waals surface area contributed by atoms with E-state index in [1.54, 1.807) is 24.1 Å². The van der Waals surface area contributed by atoms with Crippen LogP contribution in [0.2, 0.25) is 0 Å². The second kappa shape index (κ2) is 6.75. The number of amides is 1. The van der Waals surface area contributed by atoms with Gasteiger partial charge < -0.3 is 4.90 Å². The molecule has 0 spiro atoms. The predicted octanol–water partition coefficient (Wildman–Crippen LogP) is 1.11. The second-order valence-electron chi connectivity index (χ2n) is 5.74. The van der Waals surface area contributed by atoms with E-state index in [9.17, 15) is 17.6 Å². The molecule has 122 valence electrons. The summed E-state index contributed by atoms with van der Waals surface area (Å²) in [5, 5.41) is 0. The van der Waals surface area contributed by atoms with Gasteiger partial charge in [-0.15, -0.1) is 0 Å². The van der Waals surface area contributed by atoms with Crippen LogP contribution in [0.5, 0.6) is 0 Å². The van der Waals surface area contributed by atoms with Gasteiger partial charge in [0, 0.05) is 26.7 Å². The third-order valence-electron chi connectivity index (χ3n) is 3.99. The van der Waals surface area contributed by atoms with Gasteiger partial charge in [-0.3, -0.25) is 4.79 Å². The van der Waals surface area contributed by atoms with E-state index in [0.717, 1.165) is 11.8 Å². The largest absolute Gasteiger partial charge is 0.345 e. The third-order valence-corrected chi connectivity index (χ3v) is 5.26. The Morgan fingerprint density at radius 3 is 2.55 bits per heavy atom. The Labute approximate surface area is 130 Å². The molecular formula is C15H21FN2O3S. The molecule has 1 unspecified atom stereocenters. The molecule has 0 N–H and O–H groups in total. The highest BCUT2D eigenvalue weighted by molar-refractivity contribution is 7.88. The Morgan fingerprint density at radius 2 is 2.00 bits per heavy atom. The first kappa shape index (κ1) is 16.9. The van der Waals surface area contributed by atoms with Crippen molar-refractivity contribution >= 4 is 15.9 Å². The highest BCUT2D eigenvalue weighted by atomic mass is 32.2. The average molecular weight is 328 g/mol. The van der Waals surface area contributed by atoms with E-state index < -0.39 is 10.0 Å². The number of benzene rings is 1. The van der Waals surface area contributed by atoms with E-state index in [4.69, 9.17) is 0 Å². The quantitative estimate of drug-likeness (QED) is 0.813. The van der Waals surface area contributed by atoms with Gasteiger partial charge in [-0.05, 0) is 30.5 Å². The lowest BCUT2D eigenvalue weighted by atomic mass is 10.1. The number of hydrogen-bond acceptors (Lipinski definition) is 3. The van der Waals surface area contributed by atoms with Crippen LogP contribution in [0.25, 0.3) is 0 Å². The number of sulfonamides is 1. The molecule has 5 nitrogen and oxygen atoms in total. The summed E-state index contributed by atoms with van der Waals surface area (Å²) in [5.74, 6) is -0.582. The van der Waals surface area contributed by atoms with E-state index in [2.05, 4.69) is 0 Å². The Kier molecular flexibility index (Phi) is 5.18. The zero-order valence-electron chi connectivity index (χ0n) is 12.8. The summed E-state index contributed by atoms with van der Waals surface area (Å²) in [6.07, 6.45) is 2.37. The fourth-order valence-electron chi connectivity index (χ4n) is 2.60. The summed E-state index contributed by atoms with van der Waals surface area (Å²) in [5.41, 5.74) is 0.963. The van der Waals surface area contributed by atoms with Crippen LogP contribution in [-0.4, -0.2) is 56.5 Å². The Hall–Kier alpha value is -1.47. The number of carbonyl (C=O) groups excluding carboxylic acids is 1. The fourth-order valence-corrected chi connectivity index (χ4v) is 3.49. The van der Waals surface area contributed by atoms with Crippen LogP contribution < -0.4 is 0 Å². The van der Waals surface area contributed by atoms with Gasteiger partial charge >= 0.3 is 0 Å². The Morgan fingerprint density at radius 1 is 1.36 bits per heavy atom. The molecule has 1 fully saturated rings. The lowest BCUT2D eigenvalue weighted by molar-refractivity contribution is -0.133. The van der Waals surface area contributed by atoms with Crippen LogP contribution in [0.15, 0.2) is 24.3 Å². The molecule has 1 heterocycles. The van der Waals surface area contributed by atoms with Crippen molar-refractivity contribution in [3.05, 3.63) is 35.6 Å². The van der Waals surface area contributed by atoms with E-state index >= 15 is 0 Å². The van der Waals surface area contributed by atoms with Crippen molar-refractivity contribution in [2.45, 2.75) is 12.8 Å². The molecule has 0 saturated carbocycles. The summed E-state index contributed by atoms with van der Waals surface area (Å²) in [6, 6.07) is 6.21. The first-order chi connectivity index (χ1) is 10.3. The Balaban J connectivity index is 1.86. The van der Waals surface area contributed by atoms with Crippen LogP contribution in [0.4, 0.5) is 4.39 Å². The minimum Gasteiger partial charge on any atom is -0.345 e. The number of likely N-dealkylation sites (N-methyl/N-ethyl adjacent to an activating group) is 1. The molecule has 0 aromatic heterocycles. The van der Waals surface area contributed by atoms with Crippen LogP contribution in [-0.2, 0) is 21.2 Å². The number of nitrogens with zero attached hydrogens (tertiary/aromatic N) is 2. The molecule has 2 rings (SSSR count). The number of rotatable bonds is 5. The molecule has 1 aromatic rings. The Bertz CT molecular complexity index is 631. The van der Waals surface area contributed by atoms with Crippen molar-refractivity contribution in [3.8, 4) is 0 Å². The molecule has 0 bridgehead atoms. The van der Waals surface area contributed by atoms with E-state index in [0.29, 0.717) is 25.9 Å². The van der Waals surface area contributed by atoms with Gasteiger partial charge in [0.1, 0.15) is 5.82 Å². The van der Waals surface area contributed by atoms with Crippen LogP contribution in [0.3, 0.4) is 0 Å². The summed E-state index contributed by atoms with van der Waals surface area (Å²) < 4.78 is 37.1. The van der Waals surface area contributed by atoms with Crippen molar-refractivity contribution in [2.75, 3.05) is 32.9 Å². The molecule has 1 aromatic carbocycles. The molecule has 7 heteroatoms. The highest BCUT2D eigenvalue weighted by Crippen LogP contribution is 2.20. The minimum absolute atomic E-state index is 0.0340. The van der Waals surface area contributed by atoms with Crippen molar-refractivity contribution in [1.82, 2.24) is 9.21 Å².